The molecule has 1 unspecified atom stereocenters. The molecule has 14 heavy (non-hydrogen) atoms. The lowest BCUT2D eigenvalue weighted by molar-refractivity contribution is 0.212. The molecule has 0 radical (unpaired) electrons. The monoisotopic (exact) mass is 215 g/mol. The van der Waals surface area contributed by atoms with E-state index in [0.717, 1.165) is 24.3 Å². The first-order valence-electron chi connectivity index (χ1n) is 4.78. The van der Waals surface area contributed by atoms with E-state index in [9.17, 15) is 4.79 Å². The molecule has 0 aromatic carbocycles. The zero-order chi connectivity index (χ0) is 10.6. The number of carbonyl (C=O) groups excluding carboxylic acids is 1. The van der Waals surface area contributed by atoms with Gasteiger partial charge in [0.05, 0.1) is 6.54 Å². The minimum Gasteiger partial charge on any atom is -0.350 e. The number of urea groups is 1. The Morgan fingerprint density at radius 1 is 1.79 bits per heavy atom. The van der Waals surface area contributed by atoms with Crippen molar-refractivity contribution in [2.75, 3.05) is 18.6 Å². The number of hydrogen-bond acceptors (Lipinski definition) is 3. The van der Waals surface area contributed by atoms with Crippen molar-refractivity contribution in [3.05, 3.63) is 0 Å². The van der Waals surface area contributed by atoms with Crippen LogP contribution >= 0.6 is 11.8 Å². The zero-order valence-corrected chi connectivity index (χ0v) is 9.51. The molecule has 0 saturated carbocycles. The molecule has 1 rings (SSSR count). The highest BCUT2D eigenvalue weighted by Gasteiger charge is 2.24. The SMILES string of the molecule is CSCCCC1=NN(C(N)=O)CC1C. The van der Waals surface area contributed by atoms with Gasteiger partial charge in [-0.1, -0.05) is 6.92 Å². The van der Waals surface area contributed by atoms with Crippen LogP contribution in [0.2, 0.25) is 0 Å². The lowest BCUT2D eigenvalue weighted by atomic mass is 10.0. The zero-order valence-electron chi connectivity index (χ0n) is 8.69. The molecule has 1 aliphatic heterocycles. The molecule has 2 amide bonds. The number of nitrogens with two attached hydrogens (primary N) is 1. The summed E-state index contributed by atoms with van der Waals surface area (Å²) < 4.78 is 0. The molecular weight excluding hydrogens is 198 g/mol. The van der Waals surface area contributed by atoms with E-state index in [2.05, 4.69) is 18.3 Å². The van der Waals surface area contributed by atoms with Gasteiger partial charge >= 0.3 is 6.03 Å². The van der Waals surface area contributed by atoms with E-state index in [1.165, 1.54) is 5.01 Å². The quantitative estimate of drug-likeness (QED) is 0.723. The fourth-order valence-electron chi connectivity index (χ4n) is 1.49. The predicted molar refractivity (Wildman–Crippen MR) is 60.5 cm³/mol. The molecule has 0 bridgehead atoms. The summed E-state index contributed by atoms with van der Waals surface area (Å²) in [6.45, 7) is 2.73. The second-order valence-electron chi connectivity index (χ2n) is 3.51. The fraction of sp³-hybridized carbons (Fsp3) is 0.778. The Kier molecular flexibility index (Phi) is 4.25. The minimum atomic E-state index is -0.447. The molecule has 0 aromatic rings. The molecule has 1 atom stereocenters. The second kappa shape index (κ2) is 5.24. The number of carbonyl (C=O) groups is 1. The van der Waals surface area contributed by atoms with E-state index in [1.807, 2.05) is 11.8 Å². The van der Waals surface area contributed by atoms with Crippen LogP contribution in [-0.2, 0) is 0 Å². The van der Waals surface area contributed by atoms with Gasteiger partial charge in [0.25, 0.3) is 0 Å². The highest BCUT2D eigenvalue weighted by molar-refractivity contribution is 7.98. The predicted octanol–water partition coefficient (Wildman–Crippen LogP) is 1.52. The van der Waals surface area contributed by atoms with Crippen molar-refractivity contribution in [2.45, 2.75) is 19.8 Å². The van der Waals surface area contributed by atoms with Gasteiger partial charge in [-0.05, 0) is 24.9 Å². The summed E-state index contributed by atoms with van der Waals surface area (Å²) in [5, 5.41) is 5.57. The van der Waals surface area contributed by atoms with Crippen molar-refractivity contribution >= 4 is 23.5 Å². The van der Waals surface area contributed by atoms with Gasteiger partial charge < -0.3 is 5.73 Å². The van der Waals surface area contributed by atoms with Crippen LogP contribution in [0.5, 0.6) is 0 Å². The normalized spacial score (nSPS) is 21.1. The van der Waals surface area contributed by atoms with E-state index >= 15 is 0 Å². The summed E-state index contributed by atoms with van der Waals surface area (Å²) >= 11 is 1.83. The lowest BCUT2D eigenvalue weighted by Gasteiger charge is -2.07. The Labute approximate surface area is 88.9 Å². The maximum Gasteiger partial charge on any atom is 0.335 e. The molecule has 0 spiro atoms. The van der Waals surface area contributed by atoms with Gasteiger partial charge in [-0.2, -0.15) is 16.9 Å². The van der Waals surface area contributed by atoms with Crippen molar-refractivity contribution in [3.63, 3.8) is 0 Å². The molecule has 4 nitrogen and oxygen atoms in total. The lowest BCUT2D eigenvalue weighted by Crippen LogP contribution is -2.30. The second-order valence-corrected chi connectivity index (χ2v) is 4.49. The highest BCUT2D eigenvalue weighted by Crippen LogP contribution is 2.17. The molecule has 0 aliphatic carbocycles. The van der Waals surface area contributed by atoms with Gasteiger partial charge in [-0.25, -0.2) is 9.80 Å². The number of hydrogen-bond donors (Lipinski definition) is 1. The third kappa shape index (κ3) is 2.90. The average Bonchev–Trinajstić information content (AvgIpc) is 2.49. The van der Waals surface area contributed by atoms with Crippen molar-refractivity contribution in [3.8, 4) is 0 Å². The minimum absolute atomic E-state index is 0.365. The molecule has 80 valence electrons. The highest BCUT2D eigenvalue weighted by atomic mass is 32.2. The number of primary amides is 1. The van der Waals surface area contributed by atoms with E-state index in [-0.39, 0.29) is 0 Å². The maximum atomic E-state index is 10.9. The van der Waals surface area contributed by atoms with E-state index in [4.69, 9.17) is 5.73 Å². The topological polar surface area (TPSA) is 58.7 Å². The van der Waals surface area contributed by atoms with Crippen LogP contribution in [0.25, 0.3) is 0 Å². The van der Waals surface area contributed by atoms with Gasteiger partial charge in [-0.15, -0.1) is 0 Å². The van der Waals surface area contributed by atoms with E-state index in [0.29, 0.717) is 12.5 Å². The summed E-state index contributed by atoms with van der Waals surface area (Å²) in [6, 6.07) is -0.447. The fourth-order valence-corrected chi connectivity index (χ4v) is 1.93. The van der Waals surface area contributed by atoms with Crippen LogP contribution in [0.15, 0.2) is 5.10 Å². The standard InChI is InChI=1S/C9H17N3OS/c1-7-6-12(9(10)13)11-8(7)4-3-5-14-2/h7H,3-6H2,1-2H3,(H2,10,13). The summed E-state index contributed by atoms with van der Waals surface area (Å²) in [7, 11) is 0. The van der Waals surface area contributed by atoms with Crippen LogP contribution in [0, 0.1) is 5.92 Å². The van der Waals surface area contributed by atoms with Crippen LogP contribution in [0.1, 0.15) is 19.8 Å². The summed E-state index contributed by atoms with van der Waals surface area (Å²) in [4.78, 5) is 10.9. The maximum absolute atomic E-state index is 10.9. The van der Waals surface area contributed by atoms with Gasteiger partial charge in [0, 0.05) is 11.6 Å². The average molecular weight is 215 g/mol. The van der Waals surface area contributed by atoms with Crippen molar-refractivity contribution in [1.29, 1.82) is 0 Å². The first kappa shape index (κ1) is 11.4. The largest absolute Gasteiger partial charge is 0.350 e. The Balaban J connectivity index is 2.43. The van der Waals surface area contributed by atoms with Crippen LogP contribution in [0.3, 0.4) is 0 Å². The first-order valence-corrected chi connectivity index (χ1v) is 6.17. The number of amides is 2. The Hall–Kier alpha value is -0.710. The number of nitrogens with zero attached hydrogens (tertiary/aromatic N) is 2. The Bertz CT molecular complexity index is 242. The van der Waals surface area contributed by atoms with E-state index < -0.39 is 6.03 Å². The smallest absolute Gasteiger partial charge is 0.335 e. The van der Waals surface area contributed by atoms with Crippen LogP contribution in [-0.4, -0.2) is 35.3 Å². The van der Waals surface area contributed by atoms with Crippen LogP contribution < -0.4 is 5.73 Å². The molecule has 0 fully saturated rings. The van der Waals surface area contributed by atoms with Gasteiger partial charge in [0.2, 0.25) is 0 Å². The molecule has 1 heterocycles. The van der Waals surface area contributed by atoms with Crippen molar-refractivity contribution in [2.24, 2.45) is 16.8 Å². The summed E-state index contributed by atoms with van der Waals surface area (Å²) in [5.41, 5.74) is 6.26. The molecule has 1 aliphatic rings. The Morgan fingerprint density at radius 2 is 2.50 bits per heavy atom. The van der Waals surface area contributed by atoms with Gasteiger partial charge in [0.1, 0.15) is 0 Å². The number of thioether (sulfide) groups is 1. The number of rotatable bonds is 4. The molecule has 0 saturated heterocycles. The molecule has 0 aromatic heterocycles. The Morgan fingerprint density at radius 3 is 3.00 bits per heavy atom. The summed E-state index contributed by atoms with van der Waals surface area (Å²) in [5.74, 6) is 1.51. The molecule has 2 N–H and O–H groups in total. The van der Waals surface area contributed by atoms with Crippen molar-refractivity contribution in [1.82, 2.24) is 5.01 Å². The van der Waals surface area contributed by atoms with Gasteiger partial charge in [0.15, 0.2) is 0 Å². The van der Waals surface area contributed by atoms with E-state index in [1.54, 1.807) is 0 Å². The number of hydrazone groups is 1. The third-order valence-corrected chi connectivity index (χ3v) is 3.00. The summed E-state index contributed by atoms with van der Waals surface area (Å²) in [6.07, 6.45) is 4.19. The first-order chi connectivity index (χ1) is 6.65. The van der Waals surface area contributed by atoms with Crippen LogP contribution in [0.4, 0.5) is 4.79 Å². The molecule has 5 heteroatoms. The molecular formula is C9H17N3OS. The third-order valence-electron chi connectivity index (χ3n) is 2.30. The van der Waals surface area contributed by atoms with Gasteiger partial charge in [-0.3, -0.25) is 0 Å². The van der Waals surface area contributed by atoms with Crippen molar-refractivity contribution < 1.29 is 4.79 Å².